The second-order valence-corrected chi connectivity index (χ2v) is 16.6. The van der Waals surface area contributed by atoms with Crippen molar-refractivity contribution in [2.45, 2.75) is 79.7 Å². The third-order valence-electron chi connectivity index (χ3n) is 11.3. The quantitative estimate of drug-likeness (QED) is 0.0989. The van der Waals surface area contributed by atoms with E-state index in [0.717, 1.165) is 48.9 Å². The number of carbonyl (C=O) groups is 3. The van der Waals surface area contributed by atoms with Crippen molar-refractivity contribution in [3.63, 3.8) is 0 Å². The van der Waals surface area contributed by atoms with Crippen LogP contribution in [0.4, 0.5) is 16.4 Å². The number of carbonyl (C=O) groups excluding carboxylic acids is 3. The molecule has 0 spiro atoms. The normalized spacial score (nSPS) is 12.5. The van der Waals surface area contributed by atoms with Gasteiger partial charge in [-0.25, -0.2) is 24.1 Å². The SMILES string of the molecule is C.CO.COc1cc2c(cc1C(=O)Nc1cccc(-c3nnnn3C(C)C)n1)CN(C(=O)OCc1ccccc1)CC2.COc1cc2c(cc1C(=O)Nc1cccc(-c3nnnn3C(C)C)n1)CNCC2. The summed E-state index contributed by atoms with van der Waals surface area (Å²) in [5.74, 6) is 2.18. The molecule has 0 bridgehead atoms. The molecule has 4 N–H and O–H groups in total. The van der Waals surface area contributed by atoms with Crippen molar-refractivity contribution in [2.24, 2.45) is 0 Å². The molecule has 0 unspecified atom stereocenters. The minimum absolute atomic E-state index is 0. The van der Waals surface area contributed by atoms with E-state index in [1.165, 1.54) is 12.7 Å². The maximum atomic E-state index is 13.3. The molecule has 21 nitrogen and oxygen atoms in total. The molecule has 71 heavy (non-hydrogen) atoms. The third-order valence-corrected chi connectivity index (χ3v) is 11.3. The van der Waals surface area contributed by atoms with Gasteiger partial charge in [-0.2, -0.15) is 0 Å². The number of rotatable bonds is 12. The predicted octanol–water partition coefficient (Wildman–Crippen LogP) is 6.74. The lowest BCUT2D eigenvalue weighted by Gasteiger charge is -2.29. The summed E-state index contributed by atoms with van der Waals surface area (Å²) in [4.78, 5) is 49.7. The number of amides is 3. The van der Waals surface area contributed by atoms with Gasteiger partial charge in [0.05, 0.1) is 37.4 Å². The Bertz CT molecular complexity index is 2920. The fourth-order valence-corrected chi connectivity index (χ4v) is 7.80. The first-order valence-electron chi connectivity index (χ1n) is 22.6. The van der Waals surface area contributed by atoms with E-state index in [1.807, 2.05) is 88.4 Å². The second kappa shape index (κ2) is 24.4. The largest absolute Gasteiger partial charge is 0.496 e. The lowest BCUT2D eigenvalue weighted by Crippen LogP contribution is -2.36. The van der Waals surface area contributed by atoms with Crippen LogP contribution in [0.25, 0.3) is 23.0 Å². The second-order valence-electron chi connectivity index (χ2n) is 16.6. The smallest absolute Gasteiger partial charge is 0.410 e. The number of tetrazole rings is 2. The van der Waals surface area contributed by atoms with E-state index in [-0.39, 0.29) is 37.9 Å². The van der Waals surface area contributed by atoms with Crippen molar-refractivity contribution < 1.29 is 33.7 Å². The van der Waals surface area contributed by atoms with E-state index < -0.39 is 6.09 Å². The predicted molar refractivity (Wildman–Crippen MR) is 266 cm³/mol. The molecule has 0 aliphatic carbocycles. The van der Waals surface area contributed by atoms with Crippen molar-refractivity contribution in [3.8, 4) is 34.5 Å². The van der Waals surface area contributed by atoms with Crippen LogP contribution in [0.2, 0.25) is 0 Å². The molecule has 2 aliphatic rings. The first kappa shape index (κ1) is 52.2. The van der Waals surface area contributed by atoms with Crippen molar-refractivity contribution in [3.05, 3.63) is 130 Å². The van der Waals surface area contributed by atoms with Gasteiger partial charge in [0.2, 0.25) is 11.6 Å². The third kappa shape index (κ3) is 12.5. The lowest BCUT2D eigenvalue weighted by molar-refractivity contribution is 0.0918. The van der Waals surface area contributed by atoms with Crippen LogP contribution in [-0.4, -0.2) is 113 Å². The van der Waals surface area contributed by atoms with E-state index in [2.05, 4.69) is 57.0 Å². The molecule has 0 saturated heterocycles. The van der Waals surface area contributed by atoms with Gasteiger partial charge in [0, 0.05) is 26.7 Å². The first-order valence-corrected chi connectivity index (χ1v) is 22.6. The Morgan fingerprint density at radius 1 is 0.676 bits per heavy atom. The summed E-state index contributed by atoms with van der Waals surface area (Å²) in [6.45, 7) is 10.6. The van der Waals surface area contributed by atoms with Crippen LogP contribution in [0.15, 0.2) is 91.0 Å². The van der Waals surface area contributed by atoms with Gasteiger partial charge >= 0.3 is 6.09 Å². The van der Waals surface area contributed by atoms with Crippen LogP contribution in [0.3, 0.4) is 0 Å². The number of pyridine rings is 2. The maximum absolute atomic E-state index is 13.3. The molecule has 9 rings (SSSR count). The van der Waals surface area contributed by atoms with Gasteiger partial charge in [-0.1, -0.05) is 49.9 Å². The summed E-state index contributed by atoms with van der Waals surface area (Å²) >= 11 is 0. The van der Waals surface area contributed by atoms with Crippen LogP contribution >= 0.6 is 0 Å². The number of ether oxygens (including phenoxy) is 3. The molecule has 4 aromatic heterocycles. The molecular weight excluding hydrogens is 909 g/mol. The van der Waals surface area contributed by atoms with Gasteiger partial charge in [0.15, 0.2) is 0 Å². The number of nitrogens with one attached hydrogen (secondary N) is 3. The van der Waals surface area contributed by atoms with E-state index >= 15 is 0 Å². The fraction of sp³-hybridized carbons (Fsp3) is 0.340. The summed E-state index contributed by atoms with van der Waals surface area (Å²) in [6, 6.07) is 27.8. The van der Waals surface area contributed by atoms with Crippen LogP contribution < -0.4 is 25.4 Å². The highest BCUT2D eigenvalue weighted by molar-refractivity contribution is 6.07. The standard InChI is InChI=1S/C28H29N7O4.C20H23N7O2.CH4O.CH4/c1-18(2)35-26(31-32-33-35)23-10-7-11-25(29-23)30-27(36)22-14-21-16-34(13-12-20(21)15-24(22)38-3)28(37)39-17-19-8-5-4-6-9-19;1-12(2)27-19(24-25-26-27)16-5-4-6-18(22-16)23-20(28)15-9-14-11-21-8-7-13(14)10-17(15)29-3;1-2;/h4-11,14-15,18H,12-13,16-17H2,1-3H3,(H,29,30,36);4-6,9-10,12,21H,7-8,11H2,1-3H3,(H,22,23,28);2H,1H3;1H4. The van der Waals surface area contributed by atoms with Gasteiger partial charge in [0.25, 0.3) is 11.8 Å². The van der Waals surface area contributed by atoms with Crippen molar-refractivity contribution in [1.82, 2.24) is 60.6 Å². The number of aliphatic hydroxyl groups is 1. The zero-order valence-corrected chi connectivity index (χ0v) is 40.1. The zero-order valence-electron chi connectivity index (χ0n) is 40.1. The summed E-state index contributed by atoms with van der Waals surface area (Å²) in [7, 11) is 4.10. The monoisotopic (exact) mass is 968 g/mol. The molecule has 6 heterocycles. The van der Waals surface area contributed by atoms with Gasteiger partial charge in [-0.15, -0.1) is 10.2 Å². The lowest BCUT2D eigenvalue weighted by atomic mass is 9.96. The summed E-state index contributed by atoms with van der Waals surface area (Å²) in [5.41, 5.74) is 7.07. The molecule has 0 atom stereocenters. The maximum Gasteiger partial charge on any atom is 0.410 e. The van der Waals surface area contributed by atoms with E-state index in [1.54, 1.807) is 51.7 Å². The Morgan fingerprint density at radius 3 is 1.72 bits per heavy atom. The molecule has 0 fully saturated rings. The Hall–Kier alpha value is -8.17. The number of fused-ring (bicyclic) bond motifs is 2. The van der Waals surface area contributed by atoms with E-state index in [9.17, 15) is 14.4 Å². The molecule has 7 aromatic rings. The van der Waals surface area contributed by atoms with Gasteiger partial charge in [-0.05, 0) is 144 Å². The van der Waals surface area contributed by atoms with Crippen LogP contribution in [0, 0.1) is 0 Å². The van der Waals surface area contributed by atoms with Crippen molar-refractivity contribution in [2.75, 3.05) is 45.1 Å². The highest BCUT2D eigenvalue weighted by Crippen LogP contribution is 2.30. The number of benzene rings is 3. The Labute approximate surface area is 412 Å². The first-order chi connectivity index (χ1) is 34.0. The topological polar surface area (TPSA) is 251 Å². The number of aliphatic hydroxyl groups excluding tert-OH is 1. The van der Waals surface area contributed by atoms with Crippen molar-refractivity contribution in [1.29, 1.82) is 0 Å². The van der Waals surface area contributed by atoms with E-state index in [0.29, 0.717) is 76.8 Å². The molecule has 0 radical (unpaired) electrons. The van der Waals surface area contributed by atoms with Gasteiger partial charge < -0.3 is 40.2 Å². The minimum Gasteiger partial charge on any atom is -0.496 e. The van der Waals surface area contributed by atoms with Gasteiger partial charge in [-0.3, -0.25) is 9.59 Å². The summed E-state index contributed by atoms with van der Waals surface area (Å²) in [6.07, 6.45) is 1.15. The Morgan fingerprint density at radius 2 is 1.20 bits per heavy atom. The van der Waals surface area contributed by atoms with Gasteiger partial charge in [0.1, 0.15) is 41.1 Å². The van der Waals surface area contributed by atoms with Crippen LogP contribution in [0.5, 0.6) is 11.5 Å². The molecule has 3 amide bonds. The highest BCUT2D eigenvalue weighted by Gasteiger charge is 2.26. The Balaban J connectivity index is 0.000000230. The number of aromatic nitrogens is 10. The number of hydrogen-bond donors (Lipinski definition) is 4. The summed E-state index contributed by atoms with van der Waals surface area (Å²) in [5, 5.41) is 39.7. The van der Waals surface area contributed by atoms with Crippen molar-refractivity contribution >= 4 is 29.5 Å². The van der Waals surface area contributed by atoms with Crippen LogP contribution in [0.1, 0.15) is 95.7 Å². The fourth-order valence-electron chi connectivity index (χ4n) is 7.80. The molecule has 0 saturated carbocycles. The highest BCUT2D eigenvalue weighted by atomic mass is 16.6. The molecular formula is C50H60N14O7. The van der Waals surface area contributed by atoms with E-state index in [4.69, 9.17) is 19.3 Å². The molecule has 21 heteroatoms. The number of nitrogens with zero attached hydrogens (tertiary/aromatic N) is 11. The molecule has 3 aromatic carbocycles. The summed E-state index contributed by atoms with van der Waals surface area (Å²) < 4.78 is 19.9. The average molecular weight is 969 g/mol. The number of hydrogen-bond acceptors (Lipinski definition) is 16. The van der Waals surface area contributed by atoms with Crippen LogP contribution in [-0.2, 0) is 37.3 Å². The Kier molecular flexibility index (Phi) is 17.9. The average Bonchev–Trinajstić information content (AvgIpc) is 4.11. The zero-order chi connectivity index (χ0) is 49.7. The number of anilines is 2. The number of methoxy groups -OCH3 is 2. The molecule has 2 aliphatic heterocycles. The minimum atomic E-state index is -0.393. The molecule has 372 valence electrons.